The van der Waals surface area contributed by atoms with Gasteiger partial charge in [0.1, 0.15) is 0 Å². The van der Waals surface area contributed by atoms with Gasteiger partial charge in [-0.1, -0.05) is 148 Å². The van der Waals surface area contributed by atoms with Crippen molar-refractivity contribution in [3.05, 3.63) is 0 Å². The molecule has 2 atom stereocenters. The Balaban J connectivity index is 3.07. The smallest absolute Gasteiger partial charge is 0.0713 e. The molecule has 3 heteroatoms. The molecule has 2 unspecified atom stereocenters. The second-order valence-electron chi connectivity index (χ2n) is 9.63. The van der Waals surface area contributed by atoms with Crippen LogP contribution in [0.25, 0.3) is 0 Å². The molecule has 0 amide bonds. The van der Waals surface area contributed by atoms with E-state index >= 15 is 0 Å². The topological polar surface area (TPSA) is 66.5 Å². The van der Waals surface area contributed by atoms with Crippen LogP contribution in [0.5, 0.6) is 0 Å². The summed E-state index contributed by atoms with van der Waals surface area (Å²) in [6.45, 7) is 2.17. The van der Waals surface area contributed by atoms with Gasteiger partial charge >= 0.3 is 0 Å². The fraction of sp³-hybridized carbons (Fsp3) is 1.00. The molecule has 0 rings (SSSR count). The molecule has 0 aromatic rings. The van der Waals surface area contributed by atoms with Gasteiger partial charge in [0.25, 0.3) is 0 Å². The number of hydrogen-bond acceptors (Lipinski definition) is 3. The molecular weight excluding hydrogens is 370 g/mol. The van der Waals surface area contributed by atoms with E-state index in [1.165, 1.54) is 135 Å². The number of rotatable bonds is 25. The van der Waals surface area contributed by atoms with Crippen LogP contribution in [-0.2, 0) is 0 Å². The number of unbranched alkanes of at least 4 members (excludes halogenated alkanes) is 21. The lowest BCUT2D eigenvalue weighted by Crippen LogP contribution is -2.37. The van der Waals surface area contributed by atoms with Crippen molar-refractivity contribution >= 4 is 0 Å². The van der Waals surface area contributed by atoms with Crippen LogP contribution in [-0.4, -0.2) is 29.0 Å². The first kappa shape index (κ1) is 29.9. The number of aliphatic hydroxyl groups is 2. The predicted molar refractivity (Wildman–Crippen MR) is 133 cm³/mol. The predicted octanol–water partition coefficient (Wildman–Crippen LogP) is 7.66. The molecule has 0 saturated heterocycles. The number of hydrogen-bond donors (Lipinski definition) is 3. The van der Waals surface area contributed by atoms with Crippen molar-refractivity contribution in [2.24, 2.45) is 5.73 Å². The number of nitrogens with two attached hydrogens (primary N) is 1. The molecule has 0 aliphatic carbocycles. The molecule has 0 aromatic heterocycles. The summed E-state index contributed by atoms with van der Waals surface area (Å²) in [5.41, 5.74) is 5.61. The van der Waals surface area contributed by atoms with Crippen LogP contribution in [0.2, 0.25) is 0 Å². The van der Waals surface area contributed by atoms with E-state index in [0.717, 1.165) is 12.8 Å². The second kappa shape index (κ2) is 25.1. The molecule has 0 fully saturated rings. The summed E-state index contributed by atoms with van der Waals surface area (Å²) in [7, 11) is 0. The minimum Gasteiger partial charge on any atom is -0.395 e. The normalized spacial score (nSPS) is 13.6. The lowest BCUT2D eigenvalue weighted by molar-refractivity contribution is 0.0990. The maximum absolute atomic E-state index is 9.70. The Morgan fingerprint density at radius 2 is 0.767 bits per heavy atom. The summed E-state index contributed by atoms with van der Waals surface area (Å²) in [4.78, 5) is 0. The maximum atomic E-state index is 9.70. The van der Waals surface area contributed by atoms with Crippen LogP contribution in [0, 0.1) is 0 Å². The maximum Gasteiger partial charge on any atom is 0.0713 e. The van der Waals surface area contributed by atoms with Crippen molar-refractivity contribution in [2.75, 3.05) is 6.61 Å². The standard InChI is InChI=1S/C27H57NO2/c1-2-3-4-5-6-7-8-9-10-11-12-13-14-15-16-17-18-19-20-21-22-23-24-27(30)26(28)25-29/h26-27,29-30H,2-25,28H2,1H3. The van der Waals surface area contributed by atoms with Gasteiger partial charge in [-0.2, -0.15) is 0 Å². The van der Waals surface area contributed by atoms with Crippen molar-refractivity contribution in [1.82, 2.24) is 0 Å². The lowest BCUT2D eigenvalue weighted by Gasteiger charge is -2.15. The molecule has 0 aliphatic rings. The Morgan fingerprint density at radius 1 is 0.500 bits per heavy atom. The third kappa shape index (κ3) is 22.6. The zero-order valence-corrected chi connectivity index (χ0v) is 20.6. The van der Waals surface area contributed by atoms with E-state index in [-0.39, 0.29) is 6.61 Å². The van der Waals surface area contributed by atoms with E-state index in [1.807, 2.05) is 0 Å². The van der Waals surface area contributed by atoms with Gasteiger partial charge in [-0.05, 0) is 6.42 Å². The molecule has 3 nitrogen and oxygen atoms in total. The molecular formula is C27H57NO2. The summed E-state index contributed by atoms with van der Waals surface area (Å²) < 4.78 is 0. The van der Waals surface area contributed by atoms with Crippen molar-refractivity contribution < 1.29 is 10.2 Å². The van der Waals surface area contributed by atoms with Crippen LogP contribution in [0.4, 0.5) is 0 Å². The first-order valence-corrected chi connectivity index (χ1v) is 13.8. The van der Waals surface area contributed by atoms with Crippen LogP contribution < -0.4 is 5.73 Å². The van der Waals surface area contributed by atoms with E-state index in [1.54, 1.807) is 0 Å². The molecule has 0 saturated carbocycles. The molecule has 0 aliphatic heterocycles. The van der Waals surface area contributed by atoms with Crippen LogP contribution in [0.3, 0.4) is 0 Å². The molecule has 0 radical (unpaired) electrons. The first-order valence-electron chi connectivity index (χ1n) is 13.8. The van der Waals surface area contributed by atoms with Crippen molar-refractivity contribution in [2.45, 2.75) is 167 Å². The highest BCUT2D eigenvalue weighted by atomic mass is 16.3. The van der Waals surface area contributed by atoms with Gasteiger partial charge in [0.2, 0.25) is 0 Å². The average molecular weight is 428 g/mol. The molecule has 0 bridgehead atoms. The van der Waals surface area contributed by atoms with Crippen molar-refractivity contribution in [3.8, 4) is 0 Å². The summed E-state index contributed by atoms with van der Waals surface area (Å²) >= 11 is 0. The summed E-state index contributed by atoms with van der Waals surface area (Å²) in [6, 6.07) is -0.472. The van der Waals surface area contributed by atoms with Gasteiger partial charge in [0.05, 0.1) is 18.8 Å². The van der Waals surface area contributed by atoms with E-state index < -0.39 is 12.1 Å². The van der Waals surface area contributed by atoms with Crippen LogP contribution in [0.1, 0.15) is 155 Å². The summed E-state index contributed by atoms with van der Waals surface area (Å²) in [5, 5.41) is 18.6. The Hall–Kier alpha value is -0.120. The fourth-order valence-electron chi connectivity index (χ4n) is 4.30. The van der Waals surface area contributed by atoms with E-state index in [4.69, 9.17) is 10.8 Å². The molecule has 0 spiro atoms. The van der Waals surface area contributed by atoms with E-state index in [9.17, 15) is 5.11 Å². The highest BCUT2D eigenvalue weighted by Crippen LogP contribution is 2.15. The van der Waals surface area contributed by atoms with Gasteiger partial charge in [0, 0.05) is 0 Å². The number of aliphatic hydroxyl groups excluding tert-OH is 2. The van der Waals surface area contributed by atoms with Crippen LogP contribution >= 0.6 is 0 Å². The van der Waals surface area contributed by atoms with Gasteiger partial charge in [-0.3, -0.25) is 0 Å². The average Bonchev–Trinajstić information content (AvgIpc) is 2.76. The third-order valence-corrected chi connectivity index (χ3v) is 6.56. The van der Waals surface area contributed by atoms with Gasteiger partial charge in [-0.15, -0.1) is 0 Å². The largest absolute Gasteiger partial charge is 0.395 e. The van der Waals surface area contributed by atoms with Gasteiger partial charge in [0.15, 0.2) is 0 Å². The van der Waals surface area contributed by atoms with Gasteiger partial charge in [-0.25, -0.2) is 0 Å². The third-order valence-electron chi connectivity index (χ3n) is 6.56. The highest BCUT2D eigenvalue weighted by molar-refractivity contribution is 4.70. The van der Waals surface area contributed by atoms with Crippen molar-refractivity contribution in [1.29, 1.82) is 0 Å². The minimum absolute atomic E-state index is 0.125. The first-order chi connectivity index (χ1) is 14.7. The zero-order valence-electron chi connectivity index (χ0n) is 20.6. The monoisotopic (exact) mass is 427 g/mol. The Bertz CT molecular complexity index is 311. The van der Waals surface area contributed by atoms with E-state index in [2.05, 4.69) is 6.92 Å². The molecule has 0 heterocycles. The SMILES string of the molecule is CCCCCCCCCCCCCCCCCCCCCCCCC(O)C(N)CO. The molecule has 30 heavy (non-hydrogen) atoms. The highest BCUT2D eigenvalue weighted by Gasteiger charge is 2.12. The Kier molecular flexibility index (Phi) is 25.0. The van der Waals surface area contributed by atoms with Gasteiger partial charge < -0.3 is 15.9 Å². The zero-order chi connectivity index (χ0) is 22.1. The summed E-state index contributed by atoms with van der Waals surface area (Å²) in [5.74, 6) is 0. The van der Waals surface area contributed by atoms with Crippen molar-refractivity contribution in [3.63, 3.8) is 0 Å². The molecule has 4 N–H and O–H groups in total. The minimum atomic E-state index is -0.542. The van der Waals surface area contributed by atoms with E-state index in [0.29, 0.717) is 0 Å². The summed E-state index contributed by atoms with van der Waals surface area (Å²) in [6.07, 6.45) is 30.8. The quantitative estimate of drug-likeness (QED) is 0.131. The molecule has 0 aromatic carbocycles. The lowest BCUT2D eigenvalue weighted by atomic mass is 10.0. The fourth-order valence-corrected chi connectivity index (χ4v) is 4.30. The Morgan fingerprint density at radius 3 is 1.03 bits per heavy atom. The second-order valence-corrected chi connectivity index (χ2v) is 9.63. The van der Waals surface area contributed by atoms with Crippen LogP contribution in [0.15, 0.2) is 0 Å². The molecule has 182 valence electrons. The Labute approximate surface area is 189 Å².